The van der Waals surface area contributed by atoms with Crippen molar-refractivity contribution < 1.29 is 18.9 Å². The van der Waals surface area contributed by atoms with Crippen LogP contribution in [-0.2, 0) is 35.8 Å². The highest BCUT2D eigenvalue weighted by Crippen LogP contribution is 2.34. The van der Waals surface area contributed by atoms with E-state index in [0.717, 1.165) is 54.4 Å². The summed E-state index contributed by atoms with van der Waals surface area (Å²) in [4.78, 5) is 0. The summed E-state index contributed by atoms with van der Waals surface area (Å²) in [6, 6.07) is 12.4. The highest BCUT2D eigenvalue weighted by Gasteiger charge is 2.29. The standard InChI is InChI=1S/C24H32N2O4/c1-23(2)28-16-20-17(7-6-10-21(20)29-23)13-25-11-12-26-14-18-8-5-9-19-15-27-24(3,4)30-22(18)19/h5-10,25-26H,11-16H2,1-4H3. The average molecular weight is 413 g/mol. The van der Waals surface area contributed by atoms with E-state index in [1.165, 1.54) is 5.56 Å². The Morgan fingerprint density at radius 1 is 0.767 bits per heavy atom. The third-order valence-electron chi connectivity index (χ3n) is 5.36. The lowest BCUT2D eigenvalue weighted by atomic mass is 10.1. The maximum Gasteiger partial charge on any atom is 0.205 e. The van der Waals surface area contributed by atoms with E-state index in [4.69, 9.17) is 18.9 Å². The minimum atomic E-state index is -0.581. The molecule has 2 N–H and O–H groups in total. The minimum Gasteiger partial charge on any atom is -0.463 e. The van der Waals surface area contributed by atoms with Crippen molar-refractivity contribution in [1.82, 2.24) is 10.6 Å². The number of hydrogen-bond donors (Lipinski definition) is 2. The van der Waals surface area contributed by atoms with Crippen LogP contribution < -0.4 is 20.1 Å². The molecule has 0 amide bonds. The summed E-state index contributed by atoms with van der Waals surface area (Å²) in [5.74, 6) is 0.727. The number of rotatable bonds is 7. The van der Waals surface area contributed by atoms with E-state index in [-0.39, 0.29) is 0 Å². The zero-order chi connectivity index (χ0) is 21.2. The summed E-state index contributed by atoms with van der Waals surface area (Å²) >= 11 is 0. The fraction of sp³-hybridized carbons (Fsp3) is 0.500. The molecular weight excluding hydrogens is 380 g/mol. The van der Waals surface area contributed by atoms with E-state index < -0.39 is 11.6 Å². The highest BCUT2D eigenvalue weighted by atomic mass is 16.7. The molecular formula is C24H32N2O4. The van der Waals surface area contributed by atoms with Gasteiger partial charge in [-0.3, -0.25) is 0 Å². The second-order valence-electron chi connectivity index (χ2n) is 8.73. The van der Waals surface area contributed by atoms with E-state index in [9.17, 15) is 0 Å². The molecule has 0 atom stereocenters. The van der Waals surface area contributed by atoms with Crippen molar-refractivity contribution in [2.75, 3.05) is 13.1 Å². The lowest BCUT2D eigenvalue weighted by Gasteiger charge is -2.33. The summed E-state index contributed by atoms with van der Waals surface area (Å²) in [7, 11) is 0. The first-order valence-corrected chi connectivity index (χ1v) is 10.6. The van der Waals surface area contributed by atoms with E-state index in [2.05, 4.69) is 34.9 Å². The van der Waals surface area contributed by atoms with Gasteiger partial charge in [0, 0.05) is 70.6 Å². The predicted octanol–water partition coefficient (Wildman–Crippen LogP) is 3.86. The molecule has 4 rings (SSSR count). The molecule has 0 saturated heterocycles. The molecule has 6 heteroatoms. The van der Waals surface area contributed by atoms with Crippen LogP contribution in [0.4, 0.5) is 0 Å². The summed E-state index contributed by atoms with van der Waals surface area (Å²) < 4.78 is 23.5. The van der Waals surface area contributed by atoms with E-state index >= 15 is 0 Å². The summed E-state index contributed by atoms with van der Waals surface area (Å²) in [5, 5.41) is 7.02. The van der Waals surface area contributed by atoms with Crippen molar-refractivity contribution >= 4 is 0 Å². The molecule has 0 spiro atoms. The Morgan fingerprint density at radius 3 is 2.20 bits per heavy atom. The van der Waals surface area contributed by atoms with Crippen LogP contribution in [0.1, 0.15) is 49.9 Å². The van der Waals surface area contributed by atoms with Crippen LogP contribution in [-0.4, -0.2) is 24.7 Å². The van der Waals surface area contributed by atoms with Crippen LogP contribution >= 0.6 is 0 Å². The number of fused-ring (bicyclic) bond motifs is 2. The quantitative estimate of drug-likeness (QED) is 0.674. The van der Waals surface area contributed by atoms with Gasteiger partial charge in [-0.2, -0.15) is 0 Å². The molecule has 0 unspecified atom stereocenters. The zero-order valence-corrected chi connectivity index (χ0v) is 18.3. The number of nitrogens with one attached hydrogen (secondary N) is 2. The van der Waals surface area contributed by atoms with Gasteiger partial charge in [-0.15, -0.1) is 0 Å². The molecule has 0 aliphatic carbocycles. The van der Waals surface area contributed by atoms with Gasteiger partial charge in [0.1, 0.15) is 11.5 Å². The van der Waals surface area contributed by atoms with Crippen molar-refractivity contribution in [3.05, 3.63) is 58.7 Å². The molecule has 0 saturated carbocycles. The molecule has 2 heterocycles. The maximum atomic E-state index is 6.05. The molecule has 2 aliphatic heterocycles. The number of benzene rings is 2. The molecule has 162 valence electrons. The van der Waals surface area contributed by atoms with Crippen LogP contribution in [0.5, 0.6) is 11.5 Å². The van der Waals surface area contributed by atoms with Crippen LogP contribution in [0, 0.1) is 0 Å². The van der Waals surface area contributed by atoms with E-state index in [1.807, 2.05) is 39.8 Å². The smallest absolute Gasteiger partial charge is 0.205 e. The highest BCUT2D eigenvalue weighted by molar-refractivity contribution is 5.43. The molecule has 2 aromatic carbocycles. The van der Waals surface area contributed by atoms with Gasteiger partial charge in [0.2, 0.25) is 11.6 Å². The van der Waals surface area contributed by atoms with Crippen molar-refractivity contribution in [3.63, 3.8) is 0 Å². The lowest BCUT2D eigenvalue weighted by molar-refractivity contribution is -0.180. The average Bonchev–Trinajstić information content (AvgIpc) is 2.69. The van der Waals surface area contributed by atoms with Crippen molar-refractivity contribution in [2.24, 2.45) is 0 Å². The Hall–Kier alpha value is -2.12. The molecule has 0 radical (unpaired) electrons. The Morgan fingerprint density at radius 2 is 1.40 bits per heavy atom. The lowest BCUT2D eigenvalue weighted by Crippen LogP contribution is -2.36. The fourth-order valence-corrected chi connectivity index (χ4v) is 3.75. The topological polar surface area (TPSA) is 61.0 Å². The third-order valence-corrected chi connectivity index (χ3v) is 5.36. The van der Waals surface area contributed by atoms with Gasteiger partial charge < -0.3 is 29.6 Å². The first-order chi connectivity index (χ1) is 14.3. The van der Waals surface area contributed by atoms with Crippen molar-refractivity contribution in [2.45, 2.75) is 65.6 Å². The Kier molecular flexibility index (Phi) is 6.02. The van der Waals surface area contributed by atoms with Gasteiger partial charge in [0.15, 0.2) is 0 Å². The van der Waals surface area contributed by atoms with Crippen LogP contribution in [0.3, 0.4) is 0 Å². The van der Waals surface area contributed by atoms with E-state index in [0.29, 0.717) is 13.2 Å². The van der Waals surface area contributed by atoms with Crippen LogP contribution in [0.15, 0.2) is 36.4 Å². The first-order valence-electron chi connectivity index (χ1n) is 10.6. The Bertz CT molecular complexity index is 895. The summed E-state index contributed by atoms with van der Waals surface area (Å²) in [6.07, 6.45) is 0. The van der Waals surface area contributed by atoms with Gasteiger partial charge in [0.05, 0.1) is 13.2 Å². The zero-order valence-electron chi connectivity index (χ0n) is 18.3. The SMILES string of the molecule is CC1(C)OCc2c(CNCCNCc3cccc4c3OC(C)(C)OC4)cccc2O1. The summed E-state index contributed by atoms with van der Waals surface area (Å²) in [6.45, 7) is 12.2. The second kappa shape index (κ2) is 8.55. The van der Waals surface area contributed by atoms with Crippen molar-refractivity contribution in [1.29, 1.82) is 0 Å². The van der Waals surface area contributed by atoms with Gasteiger partial charge in [-0.25, -0.2) is 0 Å². The second-order valence-corrected chi connectivity index (χ2v) is 8.73. The summed E-state index contributed by atoms with van der Waals surface area (Å²) in [5.41, 5.74) is 4.62. The van der Waals surface area contributed by atoms with Gasteiger partial charge >= 0.3 is 0 Å². The number of para-hydroxylation sites is 1. The Balaban J connectivity index is 1.25. The number of ether oxygens (including phenoxy) is 4. The van der Waals surface area contributed by atoms with Crippen LogP contribution in [0.25, 0.3) is 0 Å². The molecule has 0 aromatic heterocycles. The third kappa shape index (κ3) is 4.95. The van der Waals surface area contributed by atoms with E-state index in [1.54, 1.807) is 0 Å². The van der Waals surface area contributed by atoms with Gasteiger partial charge in [-0.05, 0) is 11.6 Å². The maximum absolute atomic E-state index is 6.05. The Labute approximate surface area is 178 Å². The molecule has 2 aromatic rings. The largest absolute Gasteiger partial charge is 0.463 e. The monoisotopic (exact) mass is 412 g/mol. The minimum absolute atomic E-state index is 0.565. The molecule has 6 nitrogen and oxygen atoms in total. The molecule has 30 heavy (non-hydrogen) atoms. The van der Waals surface area contributed by atoms with Gasteiger partial charge in [0.25, 0.3) is 0 Å². The van der Waals surface area contributed by atoms with Gasteiger partial charge in [-0.1, -0.05) is 30.3 Å². The molecule has 2 aliphatic rings. The number of hydrogen-bond acceptors (Lipinski definition) is 6. The first kappa shape index (κ1) is 21.1. The molecule has 0 fully saturated rings. The van der Waals surface area contributed by atoms with Crippen LogP contribution in [0.2, 0.25) is 0 Å². The fourth-order valence-electron chi connectivity index (χ4n) is 3.75. The normalized spacial score (nSPS) is 18.7. The predicted molar refractivity (Wildman–Crippen MR) is 115 cm³/mol. The van der Waals surface area contributed by atoms with Crippen molar-refractivity contribution in [3.8, 4) is 11.5 Å². The molecule has 0 bridgehead atoms.